The molecule has 0 aromatic rings. The van der Waals surface area contributed by atoms with E-state index >= 15 is 0 Å². The van der Waals surface area contributed by atoms with Crippen LogP contribution in [0.5, 0.6) is 0 Å². The van der Waals surface area contributed by atoms with Crippen molar-refractivity contribution in [2.75, 3.05) is 42.7 Å². The summed E-state index contributed by atoms with van der Waals surface area (Å²) in [6.07, 6.45) is 14.0. The molecule has 0 saturated carbocycles. The van der Waals surface area contributed by atoms with E-state index in [4.69, 9.17) is 47.4 Å². The number of aliphatic hydroxyl groups excluding tert-OH is 2. The zero-order valence-electron chi connectivity index (χ0n) is 37.7. The minimum Gasteiger partial charge on any atom is -0.390 e. The highest BCUT2D eigenvalue weighted by Gasteiger charge is 2.52. The molecule has 334 valence electrons. The minimum absolute atomic E-state index is 0.00621. The third-order valence-corrected chi connectivity index (χ3v) is 13.3. The van der Waals surface area contributed by atoms with Crippen LogP contribution in [0.4, 0.5) is 0 Å². The maximum Gasteiger partial charge on any atom is 0.158 e. The molecule has 4 aliphatic rings. The lowest BCUT2D eigenvalue weighted by Gasteiger charge is -2.41. The average Bonchev–Trinajstić information content (AvgIpc) is 4.18. The Bertz CT molecular complexity index is 1330. The van der Waals surface area contributed by atoms with Crippen molar-refractivity contribution in [1.82, 2.24) is 0 Å². The summed E-state index contributed by atoms with van der Waals surface area (Å²) in [6.45, 7) is 14.5. The van der Waals surface area contributed by atoms with Gasteiger partial charge in [0.2, 0.25) is 0 Å². The second-order valence-corrected chi connectivity index (χ2v) is 17.2. The van der Waals surface area contributed by atoms with Gasteiger partial charge in [0, 0.05) is 79.2 Å². The highest BCUT2D eigenvalue weighted by Crippen LogP contribution is 2.41. The lowest BCUT2D eigenvalue weighted by molar-refractivity contribution is -0.225. The summed E-state index contributed by atoms with van der Waals surface area (Å²) >= 11 is 0. The number of methoxy groups -OCH3 is 6. The average molecular weight is 823 g/mol. The highest BCUT2D eigenvalue weighted by atomic mass is 16.7. The first kappa shape index (κ1) is 49.1. The molecule has 12 heteroatoms. The third kappa shape index (κ3) is 12.8. The van der Waals surface area contributed by atoms with Crippen molar-refractivity contribution >= 4 is 0 Å². The van der Waals surface area contributed by atoms with Gasteiger partial charge in [-0.25, -0.2) is 0 Å². The molecule has 0 aromatic heterocycles. The van der Waals surface area contributed by atoms with Crippen LogP contribution >= 0.6 is 0 Å². The van der Waals surface area contributed by atoms with Gasteiger partial charge >= 0.3 is 0 Å². The number of ether oxygens (including phenoxy) is 10. The van der Waals surface area contributed by atoms with Crippen molar-refractivity contribution in [3.8, 4) is 0 Å². The Morgan fingerprint density at radius 1 is 0.638 bits per heavy atom. The number of hydrogen-bond donors (Lipinski definition) is 2. The SMILES string of the molecule is CC[C@H](OC)[C@@H](C)[C@@H]1O[C@H]1[C@H](O)[C@@H](C)/C=C/C=C(\C)[C@H]1O[C@@H](OC)CC(CC[C@H](OC)[C@@H](C)[C@@H]2O[C@H]2[C@H](O)[C@@H](C)/C=C/C=C(\C)[C@H]2O[C@@H](OC)CC[C@H]2OC)[C@@H]1OC. The third-order valence-electron chi connectivity index (χ3n) is 13.3. The van der Waals surface area contributed by atoms with E-state index in [1.807, 2.05) is 57.2 Å². The summed E-state index contributed by atoms with van der Waals surface area (Å²) < 4.78 is 59.2. The first-order chi connectivity index (χ1) is 27.8. The number of rotatable bonds is 24. The quantitative estimate of drug-likeness (QED) is 0.0805. The molecule has 0 amide bonds. The molecule has 2 N–H and O–H groups in total. The van der Waals surface area contributed by atoms with Crippen molar-refractivity contribution in [2.24, 2.45) is 29.6 Å². The van der Waals surface area contributed by atoms with Gasteiger partial charge in [0.15, 0.2) is 12.6 Å². The summed E-state index contributed by atoms with van der Waals surface area (Å²) in [7, 11) is 10.3. The zero-order valence-corrected chi connectivity index (χ0v) is 37.7. The normalized spacial score (nSPS) is 36.4. The van der Waals surface area contributed by atoms with Crippen molar-refractivity contribution in [2.45, 2.75) is 173 Å². The summed E-state index contributed by atoms with van der Waals surface area (Å²) in [5.41, 5.74) is 2.07. The van der Waals surface area contributed by atoms with Gasteiger partial charge in [-0.3, -0.25) is 0 Å². The highest BCUT2D eigenvalue weighted by molar-refractivity contribution is 5.19. The molecule has 0 aromatic carbocycles. The molecule has 58 heavy (non-hydrogen) atoms. The van der Waals surface area contributed by atoms with Crippen LogP contribution in [0.15, 0.2) is 47.6 Å². The first-order valence-corrected chi connectivity index (χ1v) is 21.6. The molecular formula is C46H78O12. The Hall–Kier alpha value is -1.52. The number of epoxide rings is 2. The van der Waals surface area contributed by atoms with E-state index < -0.39 is 12.2 Å². The van der Waals surface area contributed by atoms with Crippen LogP contribution in [-0.4, -0.2) is 139 Å². The summed E-state index contributed by atoms with van der Waals surface area (Å²) in [6, 6.07) is 0. The molecule has 0 radical (unpaired) electrons. The van der Waals surface area contributed by atoms with E-state index in [1.54, 1.807) is 42.7 Å². The largest absolute Gasteiger partial charge is 0.390 e. The van der Waals surface area contributed by atoms with Gasteiger partial charge in [-0.2, -0.15) is 0 Å². The number of allylic oxidation sites excluding steroid dienone is 4. The molecule has 4 fully saturated rings. The fourth-order valence-corrected chi connectivity index (χ4v) is 9.23. The van der Waals surface area contributed by atoms with Crippen molar-refractivity contribution in [1.29, 1.82) is 0 Å². The van der Waals surface area contributed by atoms with Crippen LogP contribution in [0.3, 0.4) is 0 Å². The van der Waals surface area contributed by atoms with Gasteiger partial charge in [-0.15, -0.1) is 0 Å². The fraction of sp³-hybridized carbons (Fsp3) is 0.826. The van der Waals surface area contributed by atoms with Crippen LogP contribution in [0.2, 0.25) is 0 Å². The molecule has 19 atom stereocenters. The topological polar surface area (TPSA) is 139 Å². The van der Waals surface area contributed by atoms with Crippen LogP contribution in [-0.2, 0) is 47.4 Å². The fourth-order valence-electron chi connectivity index (χ4n) is 9.23. The zero-order chi connectivity index (χ0) is 42.7. The minimum atomic E-state index is -0.644. The molecular weight excluding hydrogens is 744 g/mol. The summed E-state index contributed by atoms with van der Waals surface area (Å²) in [5.74, 6) is 0.262. The van der Waals surface area contributed by atoms with Crippen molar-refractivity contribution in [3.05, 3.63) is 47.6 Å². The van der Waals surface area contributed by atoms with Crippen molar-refractivity contribution in [3.63, 3.8) is 0 Å². The summed E-state index contributed by atoms with van der Waals surface area (Å²) in [4.78, 5) is 0. The smallest absolute Gasteiger partial charge is 0.158 e. The molecule has 4 heterocycles. The summed E-state index contributed by atoms with van der Waals surface area (Å²) in [5, 5.41) is 22.3. The standard InChI is InChI=1S/C46H78O12/c1-14-33(49-8)30(6)42-45(57-42)38(47)27(3)18-16-20-29(5)41-44(54-13)32(25-37(53-12)56-41)21-22-34(50-9)31(7)43-46(58-43)39(48)26(2)17-15-19-28(4)40-35(51-10)23-24-36(52-11)55-40/h15-20,26-27,30-48H,14,21-25H2,1-13H3/b17-15+,18-16+,28-19+,29-20+/t26-,27-,30+,31+,32?,33-,34-,35+,36+,37+,38+,39+,40+,41+,42-,43-,44-,45-,46-/m0/s1. The molecule has 0 spiro atoms. The van der Waals surface area contributed by atoms with Crippen molar-refractivity contribution < 1.29 is 57.6 Å². The second kappa shape index (κ2) is 23.6. The molecule has 1 unspecified atom stereocenters. The Labute approximate surface area is 349 Å². The van der Waals surface area contributed by atoms with Gasteiger partial charge < -0.3 is 57.6 Å². The van der Waals surface area contributed by atoms with E-state index in [1.165, 1.54) is 0 Å². The Balaban J connectivity index is 1.29. The predicted molar refractivity (Wildman–Crippen MR) is 223 cm³/mol. The number of hydrogen-bond acceptors (Lipinski definition) is 12. The Morgan fingerprint density at radius 3 is 1.64 bits per heavy atom. The van der Waals surface area contributed by atoms with Gasteiger partial charge in [0.1, 0.15) is 24.4 Å². The van der Waals surface area contributed by atoms with Crippen LogP contribution in [0.1, 0.15) is 87.0 Å². The van der Waals surface area contributed by atoms with Crippen LogP contribution in [0, 0.1) is 29.6 Å². The van der Waals surface area contributed by atoms with E-state index in [9.17, 15) is 10.2 Å². The van der Waals surface area contributed by atoms with E-state index in [0.29, 0.717) is 6.42 Å². The Kier molecular flexibility index (Phi) is 20.0. The van der Waals surface area contributed by atoms with Crippen LogP contribution in [0.25, 0.3) is 0 Å². The van der Waals surface area contributed by atoms with Gasteiger partial charge in [-0.05, 0) is 56.6 Å². The first-order valence-electron chi connectivity index (χ1n) is 21.6. The maximum absolute atomic E-state index is 11.3. The molecule has 4 saturated heterocycles. The van der Waals surface area contributed by atoms with Crippen LogP contribution < -0.4 is 0 Å². The number of aliphatic hydroxyl groups is 2. The van der Waals surface area contributed by atoms with Gasteiger partial charge in [0.05, 0.1) is 48.8 Å². The van der Waals surface area contributed by atoms with Gasteiger partial charge in [-0.1, -0.05) is 71.1 Å². The lowest BCUT2D eigenvalue weighted by Crippen LogP contribution is -2.47. The van der Waals surface area contributed by atoms with E-state index in [0.717, 1.165) is 43.3 Å². The Morgan fingerprint density at radius 2 is 1.16 bits per heavy atom. The molecule has 4 rings (SSSR count). The molecule has 12 nitrogen and oxygen atoms in total. The maximum atomic E-state index is 11.3. The molecule has 0 bridgehead atoms. The van der Waals surface area contributed by atoms with E-state index in [2.05, 4.69) is 27.7 Å². The lowest BCUT2D eigenvalue weighted by atomic mass is 9.82. The monoisotopic (exact) mass is 823 g/mol. The molecule has 4 aliphatic heterocycles. The molecule has 0 aliphatic carbocycles. The predicted octanol–water partition coefficient (Wildman–Crippen LogP) is 6.57. The van der Waals surface area contributed by atoms with E-state index in [-0.39, 0.29) is 103 Å². The second-order valence-electron chi connectivity index (χ2n) is 17.2. The van der Waals surface area contributed by atoms with Gasteiger partial charge in [0.25, 0.3) is 0 Å².